The fourth-order valence-electron chi connectivity index (χ4n) is 1.45. The molecule has 0 saturated heterocycles. The van der Waals surface area contributed by atoms with Crippen molar-refractivity contribution in [1.82, 2.24) is 5.16 Å². The van der Waals surface area contributed by atoms with E-state index in [0.29, 0.717) is 6.54 Å². The number of anilines is 2. The van der Waals surface area contributed by atoms with Crippen molar-refractivity contribution >= 4 is 37.7 Å². The summed E-state index contributed by atoms with van der Waals surface area (Å²) in [7, 11) is -3.92. The molecular formula is C10H12N4O5S2. The van der Waals surface area contributed by atoms with Gasteiger partial charge in [-0.1, -0.05) is 23.4 Å². The van der Waals surface area contributed by atoms with Gasteiger partial charge in [0.15, 0.2) is 5.00 Å². The number of aromatic nitrogens is 1. The van der Waals surface area contributed by atoms with E-state index in [4.69, 9.17) is 0 Å². The van der Waals surface area contributed by atoms with E-state index in [2.05, 4.69) is 19.7 Å². The van der Waals surface area contributed by atoms with Gasteiger partial charge in [0.2, 0.25) is 0 Å². The summed E-state index contributed by atoms with van der Waals surface area (Å²) in [6.07, 6.45) is 3.07. The molecule has 21 heavy (non-hydrogen) atoms. The maximum Gasteiger partial charge on any atom is 0.304 e. The summed E-state index contributed by atoms with van der Waals surface area (Å²) >= 11 is 0.802. The van der Waals surface area contributed by atoms with Gasteiger partial charge in [0.1, 0.15) is 16.2 Å². The first-order valence-electron chi connectivity index (χ1n) is 5.88. The minimum Gasteiger partial charge on any atom is -0.371 e. The number of nitrogens with one attached hydrogen (secondary N) is 2. The van der Waals surface area contributed by atoms with Gasteiger partial charge in [0.25, 0.3) is 10.0 Å². The highest BCUT2D eigenvalue weighted by Crippen LogP contribution is 2.37. The van der Waals surface area contributed by atoms with E-state index < -0.39 is 14.9 Å². The third-order valence-electron chi connectivity index (χ3n) is 2.37. The monoisotopic (exact) mass is 332 g/mol. The van der Waals surface area contributed by atoms with Crippen LogP contribution in [0.3, 0.4) is 0 Å². The maximum absolute atomic E-state index is 12.1. The van der Waals surface area contributed by atoms with E-state index in [1.54, 1.807) is 0 Å². The fraction of sp³-hybridized carbons (Fsp3) is 0.300. The number of hydrogen-bond acceptors (Lipinski definition) is 8. The summed E-state index contributed by atoms with van der Waals surface area (Å²) < 4.78 is 30.9. The Hall–Kier alpha value is -2.14. The highest BCUT2D eigenvalue weighted by atomic mass is 32.2. The van der Waals surface area contributed by atoms with Crippen LogP contribution in [0.5, 0.6) is 0 Å². The molecule has 0 bridgehead atoms. The molecule has 114 valence electrons. The predicted molar refractivity (Wildman–Crippen MR) is 77.1 cm³/mol. The summed E-state index contributed by atoms with van der Waals surface area (Å²) in [5.41, 5.74) is -0.117. The second kappa shape index (κ2) is 6.10. The van der Waals surface area contributed by atoms with Crippen LogP contribution >= 0.6 is 11.3 Å². The Morgan fingerprint density at radius 3 is 2.86 bits per heavy atom. The lowest BCUT2D eigenvalue weighted by atomic mass is 10.4. The SMILES string of the molecule is CCCNc1sc(S(=O)(=O)Nc2cnoc2)cc1[N+](=O)[O-]. The Labute approximate surface area is 124 Å². The van der Waals surface area contributed by atoms with E-state index >= 15 is 0 Å². The second-order valence-corrected chi connectivity index (χ2v) is 6.94. The van der Waals surface area contributed by atoms with Gasteiger partial charge < -0.3 is 9.84 Å². The quantitative estimate of drug-likeness (QED) is 0.588. The van der Waals surface area contributed by atoms with Crippen molar-refractivity contribution in [2.45, 2.75) is 17.6 Å². The van der Waals surface area contributed by atoms with Gasteiger partial charge in [0.05, 0.1) is 11.1 Å². The third-order valence-corrected chi connectivity index (χ3v) is 5.31. The maximum atomic E-state index is 12.1. The number of nitro groups is 1. The fourth-order valence-corrected chi connectivity index (χ4v) is 3.83. The lowest BCUT2D eigenvalue weighted by Crippen LogP contribution is -2.10. The molecule has 9 nitrogen and oxygen atoms in total. The van der Waals surface area contributed by atoms with E-state index in [-0.39, 0.29) is 20.6 Å². The van der Waals surface area contributed by atoms with Gasteiger partial charge in [-0.05, 0) is 6.42 Å². The summed E-state index contributed by atoms with van der Waals surface area (Å²) in [6, 6.07) is 1.03. The summed E-state index contributed by atoms with van der Waals surface area (Å²) in [5, 5.41) is 17.4. The highest BCUT2D eigenvalue weighted by molar-refractivity contribution is 7.94. The molecule has 2 N–H and O–H groups in total. The molecule has 0 radical (unpaired) electrons. The first-order chi connectivity index (χ1) is 9.94. The van der Waals surface area contributed by atoms with Crippen molar-refractivity contribution in [3.05, 3.63) is 28.6 Å². The molecule has 0 aliphatic rings. The predicted octanol–water partition coefficient (Wildman–Crippen LogP) is 2.27. The summed E-state index contributed by atoms with van der Waals surface area (Å²) in [6.45, 7) is 2.41. The zero-order valence-electron chi connectivity index (χ0n) is 10.9. The number of thiophene rings is 1. The molecule has 11 heteroatoms. The average molecular weight is 332 g/mol. The molecule has 0 unspecified atom stereocenters. The molecule has 0 aromatic carbocycles. The lowest BCUT2D eigenvalue weighted by Gasteiger charge is -2.01. The van der Waals surface area contributed by atoms with Crippen LogP contribution in [0, 0.1) is 10.1 Å². The molecule has 0 saturated carbocycles. The molecule has 0 atom stereocenters. The summed E-state index contributed by atoms with van der Waals surface area (Å²) in [5.74, 6) is 0. The van der Waals surface area contributed by atoms with E-state index in [1.807, 2.05) is 6.92 Å². The van der Waals surface area contributed by atoms with Crippen LogP contribution in [0.2, 0.25) is 0 Å². The van der Waals surface area contributed by atoms with Crippen LogP contribution < -0.4 is 10.0 Å². The average Bonchev–Trinajstić information content (AvgIpc) is 3.04. The molecule has 2 heterocycles. The van der Waals surface area contributed by atoms with Crippen molar-refractivity contribution in [2.75, 3.05) is 16.6 Å². The molecule has 0 aliphatic heterocycles. The molecular weight excluding hydrogens is 320 g/mol. The zero-order chi connectivity index (χ0) is 15.5. The van der Waals surface area contributed by atoms with Crippen LogP contribution in [0.15, 0.2) is 27.3 Å². The number of nitrogens with zero attached hydrogens (tertiary/aromatic N) is 2. The Morgan fingerprint density at radius 1 is 1.52 bits per heavy atom. The zero-order valence-corrected chi connectivity index (χ0v) is 12.5. The normalized spacial score (nSPS) is 11.3. The van der Waals surface area contributed by atoms with Crippen LogP contribution in [0.1, 0.15) is 13.3 Å². The molecule has 0 spiro atoms. The van der Waals surface area contributed by atoms with E-state index in [1.165, 1.54) is 6.20 Å². The molecule has 0 fully saturated rings. The molecule has 2 aromatic heterocycles. The highest BCUT2D eigenvalue weighted by Gasteiger charge is 2.26. The standard InChI is InChI=1S/C10H12N4O5S2/c1-2-3-11-10-8(14(15)16)4-9(20-10)21(17,18)13-7-5-12-19-6-7/h4-6,11,13H,2-3H2,1H3. The van der Waals surface area contributed by atoms with Gasteiger partial charge in [-0.3, -0.25) is 14.8 Å². The number of hydrogen-bond donors (Lipinski definition) is 2. The van der Waals surface area contributed by atoms with Gasteiger partial charge >= 0.3 is 5.69 Å². The van der Waals surface area contributed by atoms with Gasteiger partial charge in [-0.25, -0.2) is 8.42 Å². The molecule has 2 aromatic rings. The van der Waals surface area contributed by atoms with Crippen molar-refractivity contribution in [1.29, 1.82) is 0 Å². The Balaban J connectivity index is 2.32. The van der Waals surface area contributed by atoms with Crippen LogP contribution in [-0.2, 0) is 10.0 Å². The number of rotatable bonds is 7. The smallest absolute Gasteiger partial charge is 0.304 e. The number of sulfonamides is 1. The van der Waals surface area contributed by atoms with Crippen LogP contribution in [0.25, 0.3) is 0 Å². The van der Waals surface area contributed by atoms with Gasteiger partial charge in [-0.2, -0.15) is 0 Å². The molecule has 0 aliphatic carbocycles. The topological polar surface area (TPSA) is 127 Å². The largest absolute Gasteiger partial charge is 0.371 e. The van der Waals surface area contributed by atoms with Gasteiger partial charge in [0, 0.05) is 12.6 Å². The van der Waals surface area contributed by atoms with Gasteiger partial charge in [-0.15, -0.1) is 0 Å². The minimum absolute atomic E-state index is 0.147. The van der Waals surface area contributed by atoms with E-state index in [9.17, 15) is 18.5 Å². The molecule has 2 rings (SSSR count). The summed E-state index contributed by atoms with van der Waals surface area (Å²) in [4.78, 5) is 10.4. The third kappa shape index (κ3) is 3.49. The first-order valence-corrected chi connectivity index (χ1v) is 8.18. The van der Waals surface area contributed by atoms with Crippen molar-refractivity contribution in [2.24, 2.45) is 0 Å². The Kier molecular flexibility index (Phi) is 4.43. The second-order valence-electron chi connectivity index (χ2n) is 3.98. The van der Waals surface area contributed by atoms with Crippen molar-refractivity contribution in [3.8, 4) is 0 Å². The first kappa shape index (κ1) is 15.3. The van der Waals surface area contributed by atoms with E-state index in [0.717, 1.165) is 30.1 Å². The Morgan fingerprint density at radius 2 is 2.29 bits per heavy atom. The van der Waals surface area contributed by atoms with Crippen LogP contribution in [-0.4, -0.2) is 25.0 Å². The minimum atomic E-state index is -3.92. The van der Waals surface area contributed by atoms with Crippen molar-refractivity contribution < 1.29 is 17.9 Å². The molecule has 0 amide bonds. The Bertz CT molecular complexity index is 723. The van der Waals surface area contributed by atoms with Crippen molar-refractivity contribution in [3.63, 3.8) is 0 Å². The lowest BCUT2D eigenvalue weighted by molar-refractivity contribution is -0.383. The van der Waals surface area contributed by atoms with Crippen LogP contribution in [0.4, 0.5) is 16.4 Å².